The summed E-state index contributed by atoms with van der Waals surface area (Å²) in [5.41, 5.74) is 30.8. The van der Waals surface area contributed by atoms with Gasteiger partial charge in [0.1, 0.15) is 11.2 Å². The molecule has 0 fully saturated rings. The van der Waals surface area contributed by atoms with Crippen molar-refractivity contribution in [2.24, 2.45) is 0 Å². The van der Waals surface area contributed by atoms with Gasteiger partial charge >= 0.3 is 6.85 Å². The number of fused-ring (bicyclic) bond motifs is 20. The van der Waals surface area contributed by atoms with Crippen LogP contribution in [0.5, 0.6) is 0 Å². The maximum atomic E-state index is 7.94. The average molecular weight is 981 g/mol. The van der Waals surface area contributed by atoms with Gasteiger partial charge in [0.05, 0.1) is 16.8 Å². The van der Waals surface area contributed by atoms with Gasteiger partial charge in [0.15, 0.2) is 0 Å². The lowest BCUT2D eigenvalue weighted by molar-refractivity contribution is 0.332. The summed E-state index contributed by atoms with van der Waals surface area (Å²) >= 11 is 0. The third kappa shape index (κ3) is 5.40. The molecule has 16 rings (SSSR count). The van der Waals surface area contributed by atoms with Crippen molar-refractivity contribution in [2.75, 3.05) is 9.71 Å². The molecular weight excluding hydrogens is 920 g/mol. The van der Waals surface area contributed by atoms with Crippen LogP contribution >= 0.6 is 0 Å². The molecule has 1 spiro atoms. The molecule has 6 aliphatic rings. The average Bonchev–Trinajstić information content (AvgIpc) is 4.18. The SMILES string of the molecule is CC(C)(C)c1ccc(N2c3cc4c(c5c3B(c3oc6cc7c(cc6c32)C(C)(C)CCC7(C)C)N2c3ccccc3C3(c6ccccc6-c6ccccc63)c3cccc-5c32)-c2ccccc2C4(C)C)c(-c2ccccc2)c1. The number of rotatable bonds is 2. The van der Waals surface area contributed by atoms with Crippen molar-refractivity contribution in [1.29, 1.82) is 0 Å². The Morgan fingerprint density at radius 1 is 0.447 bits per heavy atom. The zero-order valence-corrected chi connectivity index (χ0v) is 45.1. The Bertz CT molecular complexity index is 4170. The van der Waals surface area contributed by atoms with E-state index in [9.17, 15) is 0 Å². The molecular formula is C72H61BN2O. The first-order valence-corrected chi connectivity index (χ1v) is 27.8. The van der Waals surface area contributed by atoms with Crippen LogP contribution < -0.4 is 20.8 Å². The number of hydrogen-bond acceptors (Lipinski definition) is 3. The van der Waals surface area contributed by atoms with Crippen molar-refractivity contribution in [2.45, 2.75) is 102 Å². The quantitative estimate of drug-likeness (QED) is 0.161. The Hall–Kier alpha value is -7.82. The van der Waals surface area contributed by atoms with Gasteiger partial charge in [-0.05, 0) is 154 Å². The first kappa shape index (κ1) is 44.5. The molecule has 4 heteroatoms. The fourth-order valence-electron chi connectivity index (χ4n) is 15.6. The van der Waals surface area contributed by atoms with E-state index in [0.717, 1.165) is 35.5 Å². The molecule has 4 heterocycles. The van der Waals surface area contributed by atoms with Crippen LogP contribution in [0.4, 0.5) is 28.4 Å². The monoisotopic (exact) mass is 980 g/mol. The number of furan rings is 1. The largest absolute Gasteiger partial charge is 0.466 e. The van der Waals surface area contributed by atoms with Crippen LogP contribution in [0.1, 0.15) is 125 Å². The first-order valence-electron chi connectivity index (χ1n) is 27.8. The van der Waals surface area contributed by atoms with E-state index in [1.165, 1.54) is 122 Å². The third-order valence-electron chi connectivity index (χ3n) is 19.5. The molecule has 368 valence electrons. The third-order valence-corrected chi connectivity index (χ3v) is 19.5. The summed E-state index contributed by atoms with van der Waals surface area (Å²) in [6.07, 6.45) is 2.26. The summed E-state index contributed by atoms with van der Waals surface area (Å²) < 4.78 is 7.94. The molecule has 0 bridgehead atoms. The number of benzene rings is 9. The lowest BCUT2D eigenvalue weighted by atomic mass is 9.44. The van der Waals surface area contributed by atoms with E-state index in [0.29, 0.717) is 0 Å². The Balaban J connectivity index is 1.11. The zero-order valence-electron chi connectivity index (χ0n) is 45.1. The summed E-state index contributed by atoms with van der Waals surface area (Å²) in [5.74, 6) is 0. The second-order valence-corrected chi connectivity index (χ2v) is 25.8. The molecule has 10 aromatic rings. The maximum absolute atomic E-state index is 7.94. The molecule has 9 aromatic carbocycles. The lowest BCUT2D eigenvalue weighted by Gasteiger charge is -2.51. The maximum Gasteiger partial charge on any atom is 0.375 e. The van der Waals surface area contributed by atoms with Crippen molar-refractivity contribution in [3.8, 4) is 44.5 Å². The zero-order chi connectivity index (χ0) is 51.6. The predicted octanol–water partition coefficient (Wildman–Crippen LogP) is 17.4. The van der Waals surface area contributed by atoms with Gasteiger partial charge in [-0.1, -0.05) is 208 Å². The van der Waals surface area contributed by atoms with E-state index in [4.69, 9.17) is 4.42 Å². The Morgan fingerprint density at radius 3 is 1.74 bits per heavy atom. The fourth-order valence-corrected chi connectivity index (χ4v) is 15.6. The van der Waals surface area contributed by atoms with E-state index < -0.39 is 5.41 Å². The summed E-state index contributed by atoms with van der Waals surface area (Å²) in [7, 11) is 0. The van der Waals surface area contributed by atoms with Crippen LogP contribution in [0.3, 0.4) is 0 Å². The molecule has 3 aliphatic heterocycles. The molecule has 1 aromatic heterocycles. The number of hydrogen-bond donors (Lipinski definition) is 0. The van der Waals surface area contributed by atoms with Gasteiger partial charge in [-0.3, -0.25) is 0 Å². The smallest absolute Gasteiger partial charge is 0.375 e. The van der Waals surface area contributed by atoms with Gasteiger partial charge in [0.25, 0.3) is 0 Å². The fraction of sp³-hybridized carbons (Fsp3) is 0.222. The summed E-state index contributed by atoms with van der Waals surface area (Å²) in [4.78, 5) is 5.42. The molecule has 0 saturated carbocycles. The van der Waals surface area contributed by atoms with Crippen LogP contribution in [-0.4, -0.2) is 6.85 Å². The topological polar surface area (TPSA) is 19.6 Å². The van der Waals surface area contributed by atoms with Gasteiger partial charge in [0, 0.05) is 39.0 Å². The van der Waals surface area contributed by atoms with Crippen LogP contribution in [0.2, 0.25) is 0 Å². The number of para-hydroxylation sites is 2. The highest BCUT2D eigenvalue weighted by atomic mass is 16.3. The van der Waals surface area contributed by atoms with Gasteiger partial charge in [0.2, 0.25) is 0 Å². The Kier molecular flexibility index (Phi) is 8.52. The van der Waals surface area contributed by atoms with Gasteiger partial charge < -0.3 is 14.1 Å². The molecule has 0 saturated heterocycles. The summed E-state index contributed by atoms with van der Waals surface area (Å²) in [5, 5.41) is 1.17. The highest BCUT2D eigenvalue weighted by molar-refractivity contribution is 6.93. The molecule has 0 atom stereocenters. The van der Waals surface area contributed by atoms with E-state index in [2.05, 4.69) is 254 Å². The molecule has 3 nitrogen and oxygen atoms in total. The lowest BCUT2D eigenvalue weighted by Crippen LogP contribution is -2.63. The van der Waals surface area contributed by atoms with Crippen LogP contribution in [0, 0.1) is 0 Å². The Morgan fingerprint density at radius 2 is 1.04 bits per heavy atom. The predicted molar refractivity (Wildman–Crippen MR) is 318 cm³/mol. The minimum Gasteiger partial charge on any atom is -0.466 e. The van der Waals surface area contributed by atoms with Crippen molar-refractivity contribution in [3.05, 3.63) is 232 Å². The van der Waals surface area contributed by atoms with E-state index in [-0.39, 0.29) is 28.5 Å². The standard InChI is InChI=1S/C72H61BN2O/c1-68(2,3)43-34-35-58(48(38-43)42-22-11-10-12-23-42)74-60-40-57-62(46-26-15-16-28-50(46)71(57,8)9)63-47-27-21-32-54-65(47)75(59-33-20-19-31-53(59)72(54)51-29-17-13-24-44(51)45-25-14-18-30-52(45)72)73(64(60)63)67-66(74)49-39-55-56(41-61(49)76-67)70(6,7)37-36-69(55,4)5/h10-35,38-41H,36-37H2,1-9H3. The number of nitrogens with zero attached hydrogens (tertiary/aromatic N) is 2. The summed E-state index contributed by atoms with van der Waals surface area (Å²) in [6, 6.07) is 70.4. The van der Waals surface area contributed by atoms with E-state index in [1.54, 1.807) is 0 Å². The van der Waals surface area contributed by atoms with Crippen LogP contribution in [0.15, 0.2) is 186 Å². The van der Waals surface area contributed by atoms with E-state index >= 15 is 0 Å². The molecule has 0 radical (unpaired) electrons. The normalized spacial score (nSPS) is 17.5. The van der Waals surface area contributed by atoms with Crippen molar-refractivity contribution in [3.63, 3.8) is 0 Å². The highest BCUT2D eigenvalue weighted by Crippen LogP contribution is 2.67. The Labute approximate surface area is 448 Å². The molecule has 76 heavy (non-hydrogen) atoms. The second kappa shape index (κ2) is 14.6. The highest BCUT2D eigenvalue weighted by Gasteiger charge is 2.59. The van der Waals surface area contributed by atoms with E-state index in [1.807, 2.05) is 0 Å². The van der Waals surface area contributed by atoms with Gasteiger partial charge in [-0.15, -0.1) is 0 Å². The summed E-state index contributed by atoms with van der Waals surface area (Å²) in [6.45, 7) is 21.4. The molecule has 0 unspecified atom stereocenters. The minimum absolute atomic E-state index is 0.00211. The van der Waals surface area contributed by atoms with Crippen LogP contribution in [-0.2, 0) is 27.1 Å². The molecule has 3 aliphatic carbocycles. The van der Waals surface area contributed by atoms with Gasteiger partial charge in [-0.25, -0.2) is 0 Å². The second-order valence-electron chi connectivity index (χ2n) is 25.8. The first-order chi connectivity index (χ1) is 36.6. The van der Waals surface area contributed by atoms with Gasteiger partial charge in [-0.2, -0.15) is 0 Å². The molecule has 0 N–H and O–H groups in total. The van der Waals surface area contributed by atoms with Crippen molar-refractivity contribution < 1.29 is 4.42 Å². The minimum atomic E-state index is -0.561. The molecule has 0 amide bonds. The van der Waals surface area contributed by atoms with Crippen molar-refractivity contribution >= 4 is 57.4 Å². The number of anilines is 5. The van der Waals surface area contributed by atoms with Crippen LogP contribution in [0.25, 0.3) is 55.5 Å². The van der Waals surface area contributed by atoms with Crippen molar-refractivity contribution in [1.82, 2.24) is 0 Å².